The summed E-state index contributed by atoms with van der Waals surface area (Å²) in [7, 11) is 0. The summed E-state index contributed by atoms with van der Waals surface area (Å²) >= 11 is 4.26. The third-order valence-corrected chi connectivity index (χ3v) is 17.0. The maximum atomic E-state index is 14.8. The SMILES string of the molecule is CC(C)C[C@H](NC(=O)[C@@H](N)C(C)C)C(=O)N[C@@H](CCCN=C(N)N)C(=O)N[C@@H](Cc1c[nH]c2ccccc12)C(=O)N[C@@H](CO)C(=O)N[C@@H](CCCN=C(N)N)C(=O)N[C@@H](CCCCN)C(=O)N[C@@H](CC(C)C)C(=O)N1CCC[C@H]1C(=O)N[C@@H](CS)C(=O)N[C@H](C(=O)N[C@@H](CO)C(=O)O)C(C)C. The van der Waals surface area contributed by atoms with Gasteiger partial charge in [0, 0.05) is 48.9 Å². The van der Waals surface area contributed by atoms with Gasteiger partial charge in [-0.25, -0.2) is 4.79 Å². The Bertz CT molecular complexity index is 3160. The van der Waals surface area contributed by atoms with E-state index in [4.69, 9.17) is 34.4 Å². The highest BCUT2D eigenvalue weighted by Gasteiger charge is 2.41. The van der Waals surface area contributed by atoms with Crippen LogP contribution in [0.2, 0.25) is 0 Å². The van der Waals surface area contributed by atoms with Gasteiger partial charge in [0.25, 0.3) is 0 Å². The van der Waals surface area contributed by atoms with Crippen molar-refractivity contribution in [3.63, 3.8) is 0 Å². The predicted molar refractivity (Wildman–Crippen MR) is 381 cm³/mol. The fourth-order valence-electron chi connectivity index (χ4n) is 11.0. The maximum Gasteiger partial charge on any atom is 0.328 e. The third-order valence-electron chi connectivity index (χ3n) is 16.7. The largest absolute Gasteiger partial charge is 0.480 e. The summed E-state index contributed by atoms with van der Waals surface area (Å²) in [5.74, 6) is -12.7. The molecule has 1 fully saturated rings. The number of nitrogens with one attached hydrogen (secondary N) is 11. The third kappa shape index (κ3) is 29.0. The monoisotopic (exact) mass is 1440 g/mol. The summed E-state index contributed by atoms with van der Waals surface area (Å²) in [5.41, 5.74) is 35.6. The van der Waals surface area contributed by atoms with Crippen molar-refractivity contribution in [2.24, 2.45) is 68.1 Å². The number of fused-ring (bicyclic) bond motifs is 1. The van der Waals surface area contributed by atoms with Gasteiger partial charge in [0.1, 0.15) is 66.5 Å². The van der Waals surface area contributed by atoms with E-state index in [0.29, 0.717) is 29.3 Å². The number of carboxylic acids is 1. The van der Waals surface area contributed by atoms with Crippen molar-refractivity contribution >= 4 is 106 Å². The Labute approximate surface area is 594 Å². The van der Waals surface area contributed by atoms with E-state index in [2.05, 4.69) is 80.8 Å². The number of likely N-dealkylation sites (tertiary alicyclic amines) is 1. The van der Waals surface area contributed by atoms with E-state index in [1.165, 1.54) is 4.90 Å². The molecule has 0 spiro atoms. The summed E-state index contributed by atoms with van der Waals surface area (Å²) in [6, 6.07) is -9.34. The molecule has 1 aliphatic heterocycles. The van der Waals surface area contributed by atoms with Gasteiger partial charge in [0.05, 0.1) is 19.3 Å². The molecule has 12 atom stereocenters. The number of hydrogen-bond donors (Lipinski definition) is 21. The number of carbonyl (C=O) groups excluding carboxylic acids is 11. The zero-order valence-corrected chi connectivity index (χ0v) is 59.9. The number of amides is 11. The second kappa shape index (κ2) is 43.7. The maximum absolute atomic E-state index is 14.8. The highest BCUT2D eigenvalue weighted by Crippen LogP contribution is 2.23. The minimum Gasteiger partial charge on any atom is -0.480 e. The Morgan fingerprint density at radius 1 is 0.554 bits per heavy atom. The average molecular weight is 1440 g/mol. The fourth-order valence-corrected chi connectivity index (χ4v) is 11.3. The molecule has 566 valence electrons. The highest BCUT2D eigenvalue weighted by atomic mass is 32.1. The van der Waals surface area contributed by atoms with Crippen LogP contribution < -0.4 is 87.6 Å². The van der Waals surface area contributed by atoms with E-state index < -0.39 is 163 Å². The molecule has 1 saturated heterocycles. The molecule has 0 unspecified atom stereocenters. The summed E-state index contributed by atoms with van der Waals surface area (Å²) in [4.78, 5) is 180. The molecule has 26 N–H and O–H groups in total. The van der Waals surface area contributed by atoms with E-state index in [1.807, 2.05) is 13.8 Å². The number of thiol groups is 1. The van der Waals surface area contributed by atoms with Crippen LogP contribution >= 0.6 is 12.6 Å². The summed E-state index contributed by atoms with van der Waals surface area (Å²) in [6.07, 6.45) is 2.69. The van der Waals surface area contributed by atoms with Gasteiger partial charge in [0.15, 0.2) is 11.9 Å². The van der Waals surface area contributed by atoms with Crippen molar-refractivity contribution in [2.45, 2.75) is 205 Å². The van der Waals surface area contributed by atoms with Gasteiger partial charge >= 0.3 is 5.97 Å². The quantitative estimate of drug-likeness (QED) is 0.0129. The minimum absolute atomic E-state index is 0.0311. The molecule has 2 aromatic rings. The molecule has 0 bridgehead atoms. The highest BCUT2D eigenvalue weighted by molar-refractivity contribution is 7.80. The Morgan fingerprint density at radius 3 is 1.50 bits per heavy atom. The van der Waals surface area contributed by atoms with Gasteiger partial charge in [0.2, 0.25) is 65.0 Å². The number of aliphatic imine (C=N–C) groups is 2. The molecule has 1 aromatic carbocycles. The number of H-pyrrole nitrogens is 1. The molecule has 101 heavy (non-hydrogen) atoms. The smallest absolute Gasteiger partial charge is 0.328 e. The van der Waals surface area contributed by atoms with Gasteiger partial charge in [-0.15, -0.1) is 0 Å². The molecule has 3 rings (SSSR count). The molecule has 35 nitrogen and oxygen atoms in total. The van der Waals surface area contributed by atoms with Crippen LogP contribution in [-0.4, -0.2) is 226 Å². The number of rotatable bonds is 45. The molecular weight excluding hydrogens is 1330 g/mol. The average Bonchev–Trinajstić information content (AvgIpc) is 1.74. The van der Waals surface area contributed by atoms with Crippen LogP contribution in [0.25, 0.3) is 10.9 Å². The lowest BCUT2D eigenvalue weighted by atomic mass is 9.99. The molecule has 11 amide bonds. The molecule has 36 heteroatoms. The van der Waals surface area contributed by atoms with Crippen LogP contribution in [0.5, 0.6) is 0 Å². The number of aliphatic carboxylic acids is 1. The van der Waals surface area contributed by atoms with Crippen LogP contribution in [0.4, 0.5) is 0 Å². The Balaban J connectivity index is 1.98. The van der Waals surface area contributed by atoms with Gasteiger partial charge in [-0.3, -0.25) is 62.7 Å². The molecule has 1 aliphatic rings. The fraction of sp³-hybridized carbons (Fsp3) is 0.662. The van der Waals surface area contributed by atoms with E-state index in [0.717, 1.165) is 0 Å². The molecule has 2 heterocycles. The number of carboxylic acid groups (broad SMARTS) is 1. The number of guanidine groups is 2. The number of unbranched alkanes of at least 4 members (excludes halogenated alkanes) is 1. The van der Waals surface area contributed by atoms with E-state index in [-0.39, 0.29) is 126 Å². The van der Waals surface area contributed by atoms with Crippen LogP contribution in [0.15, 0.2) is 40.4 Å². The van der Waals surface area contributed by atoms with Crippen LogP contribution in [-0.2, 0) is 64.0 Å². The summed E-state index contributed by atoms with van der Waals surface area (Å²) in [6.45, 7) is 12.2. The summed E-state index contributed by atoms with van der Waals surface area (Å²) in [5, 5.41) is 56.3. The molecule has 0 aliphatic carbocycles. The number of hydrogen-bond acceptors (Lipinski definition) is 19. The number of aromatic nitrogens is 1. The van der Waals surface area contributed by atoms with Gasteiger partial charge in [-0.1, -0.05) is 73.6 Å². The van der Waals surface area contributed by atoms with Crippen molar-refractivity contribution in [3.8, 4) is 0 Å². The van der Waals surface area contributed by atoms with Gasteiger partial charge < -0.3 is 113 Å². The topological polar surface area (TPSA) is 586 Å². The zero-order chi connectivity index (χ0) is 75.8. The van der Waals surface area contributed by atoms with Gasteiger partial charge in [-0.2, -0.15) is 12.6 Å². The first kappa shape index (κ1) is 86.4. The van der Waals surface area contributed by atoms with Crippen molar-refractivity contribution in [2.75, 3.05) is 45.1 Å². The molecule has 1 aromatic heterocycles. The number of para-hydroxylation sites is 1. The number of nitrogens with two attached hydrogens (primary N) is 6. The van der Waals surface area contributed by atoms with Crippen molar-refractivity contribution in [1.82, 2.24) is 63.1 Å². The Morgan fingerprint density at radius 2 is 1.01 bits per heavy atom. The standard InChI is InChI=1S/C65H110N20O15S/c1-33(2)26-43(79-60(96)50(67)35(5)6)55(91)76-42(20-14-24-73-65(70)71)53(89)78-44(28-37-29-74-39-17-10-9-16-38(37)39)56(92)81-46(30-86)57(93)77-41(19-13-23-72-64(68)69)52(88)75-40(18-11-12-22-66)54(90)80-45(27-34(3)4)62(98)85-25-15-21-49(85)59(95)83-48(32-101)58(94)84-51(36(7)8)61(97)82-47(31-87)63(99)100/h9-10,16-17,29,33-36,40-51,74,86-87,101H,11-15,18-28,30-32,66-67H2,1-8H3,(H,75,88)(H,76,91)(H,77,93)(H,78,89)(H,79,96)(H,80,90)(H,81,92)(H,82,97)(H,83,95)(H,84,94)(H,99,100)(H4,68,69,72)(H4,70,71,73)/t40-,41-,42-,43-,44-,45-,46-,47-,48-,49-,50-,51-/m0/s1. The number of aliphatic hydroxyl groups is 2. The van der Waals surface area contributed by atoms with Crippen molar-refractivity contribution < 1.29 is 72.9 Å². The predicted octanol–water partition coefficient (Wildman–Crippen LogP) is -4.48. The second-order valence-corrected chi connectivity index (χ2v) is 27.0. The minimum atomic E-state index is -1.81. The molecular formula is C65H110N20O15S. The number of aromatic amines is 1. The summed E-state index contributed by atoms with van der Waals surface area (Å²) < 4.78 is 0. The number of aliphatic hydroxyl groups excluding tert-OH is 2. The van der Waals surface area contributed by atoms with E-state index in [1.54, 1.807) is 72.0 Å². The zero-order valence-electron chi connectivity index (χ0n) is 59.1. The van der Waals surface area contributed by atoms with Crippen LogP contribution in [0.1, 0.15) is 132 Å². The lowest BCUT2D eigenvalue weighted by Gasteiger charge is -2.32. The first-order valence-corrected chi connectivity index (χ1v) is 34.8. The number of nitrogens with zero attached hydrogens (tertiary/aromatic N) is 3. The Kier molecular flexibility index (Phi) is 37.4. The Hall–Kier alpha value is -8.87. The van der Waals surface area contributed by atoms with E-state index in [9.17, 15) is 72.9 Å². The number of carbonyl (C=O) groups is 12. The first-order valence-electron chi connectivity index (χ1n) is 34.2. The lowest BCUT2D eigenvalue weighted by Crippen LogP contribution is -2.61. The lowest BCUT2D eigenvalue weighted by molar-refractivity contribution is -0.144. The number of benzene rings is 1. The molecule has 0 radical (unpaired) electrons. The van der Waals surface area contributed by atoms with Gasteiger partial charge in [-0.05, 0) is 112 Å². The molecule has 0 saturated carbocycles. The second-order valence-electron chi connectivity index (χ2n) is 26.6. The van der Waals surface area contributed by atoms with E-state index >= 15 is 0 Å². The van der Waals surface area contributed by atoms with Crippen LogP contribution in [0, 0.1) is 23.7 Å². The first-order chi connectivity index (χ1) is 47.7. The normalized spacial score (nSPS) is 16.2. The van der Waals surface area contributed by atoms with Crippen LogP contribution in [0.3, 0.4) is 0 Å². The van der Waals surface area contributed by atoms with Crippen molar-refractivity contribution in [1.29, 1.82) is 0 Å². The van der Waals surface area contributed by atoms with Crippen molar-refractivity contribution in [3.05, 3.63) is 36.0 Å².